The largest absolute Gasteiger partial charge is 0.493 e. The Kier molecular flexibility index (Phi) is 6.29. The molecule has 1 amide bonds. The molecule has 1 heterocycles. The highest BCUT2D eigenvalue weighted by Gasteiger charge is 2.22. The monoisotopic (exact) mass is 393 g/mol. The first-order valence-corrected chi connectivity index (χ1v) is 9.25. The average Bonchev–Trinajstić information content (AvgIpc) is 2.76. The first-order valence-electron chi connectivity index (χ1n) is 9.25. The summed E-state index contributed by atoms with van der Waals surface area (Å²) in [6.45, 7) is 1.84. The number of ether oxygens (including phenoxy) is 2. The summed E-state index contributed by atoms with van der Waals surface area (Å²) in [5.41, 5.74) is 1.70. The molecule has 1 unspecified atom stereocenters. The lowest BCUT2D eigenvalue weighted by atomic mass is 10.1. The predicted octanol–water partition coefficient (Wildman–Crippen LogP) is 3.52. The van der Waals surface area contributed by atoms with Gasteiger partial charge in [0.2, 0.25) is 5.91 Å². The Morgan fingerprint density at radius 3 is 2.41 bits per heavy atom. The fourth-order valence-corrected chi connectivity index (χ4v) is 3.02. The van der Waals surface area contributed by atoms with E-state index in [0.29, 0.717) is 29.3 Å². The molecule has 1 aromatic heterocycles. The Hall–Kier alpha value is -3.61. The van der Waals surface area contributed by atoms with E-state index < -0.39 is 6.04 Å². The molecule has 150 valence electrons. The van der Waals surface area contributed by atoms with Crippen LogP contribution in [0.3, 0.4) is 0 Å². The normalized spacial score (nSPS) is 11.6. The summed E-state index contributed by atoms with van der Waals surface area (Å²) >= 11 is 0. The number of aromatic nitrogens is 2. The minimum Gasteiger partial charge on any atom is -0.493 e. The molecule has 1 atom stereocenters. The second-order valence-electron chi connectivity index (χ2n) is 6.35. The van der Waals surface area contributed by atoms with Crippen molar-refractivity contribution in [2.75, 3.05) is 19.5 Å². The fourth-order valence-electron chi connectivity index (χ4n) is 3.02. The van der Waals surface area contributed by atoms with E-state index in [0.717, 1.165) is 5.56 Å². The third kappa shape index (κ3) is 4.45. The lowest BCUT2D eigenvalue weighted by Gasteiger charge is -2.18. The lowest BCUT2D eigenvalue weighted by Crippen LogP contribution is -2.34. The molecular weight excluding hydrogens is 370 g/mol. The van der Waals surface area contributed by atoms with Crippen LogP contribution in [0.2, 0.25) is 0 Å². The second kappa shape index (κ2) is 9.05. The quantitative estimate of drug-likeness (QED) is 0.664. The maximum Gasteiger partial charge on any atom is 0.267 e. The summed E-state index contributed by atoms with van der Waals surface area (Å²) in [6.07, 6.45) is 0.407. The Morgan fingerprint density at radius 1 is 1.03 bits per heavy atom. The Labute approximate surface area is 168 Å². The molecule has 7 nitrogen and oxygen atoms in total. The van der Waals surface area contributed by atoms with Crippen molar-refractivity contribution in [2.24, 2.45) is 0 Å². The van der Waals surface area contributed by atoms with Crippen molar-refractivity contribution in [1.29, 1.82) is 0 Å². The minimum atomic E-state index is -0.751. The van der Waals surface area contributed by atoms with Gasteiger partial charge in [-0.15, -0.1) is 0 Å². The lowest BCUT2D eigenvalue weighted by molar-refractivity contribution is -0.119. The van der Waals surface area contributed by atoms with E-state index in [-0.39, 0.29) is 11.5 Å². The van der Waals surface area contributed by atoms with Gasteiger partial charge in [0.15, 0.2) is 11.5 Å². The number of benzene rings is 2. The molecule has 2 aromatic carbocycles. The molecule has 7 heteroatoms. The highest BCUT2D eigenvalue weighted by Crippen LogP contribution is 2.30. The topological polar surface area (TPSA) is 82.4 Å². The van der Waals surface area contributed by atoms with Gasteiger partial charge >= 0.3 is 0 Å². The minimum absolute atomic E-state index is 0.334. The molecule has 29 heavy (non-hydrogen) atoms. The summed E-state index contributed by atoms with van der Waals surface area (Å²) in [5.74, 6) is 0.727. The van der Waals surface area contributed by atoms with Crippen molar-refractivity contribution in [3.8, 4) is 22.8 Å². The molecule has 0 radical (unpaired) electrons. The van der Waals surface area contributed by atoms with Gasteiger partial charge in [-0.25, -0.2) is 4.68 Å². The maximum absolute atomic E-state index is 12.9. The number of rotatable bonds is 7. The molecule has 0 fully saturated rings. The zero-order valence-corrected chi connectivity index (χ0v) is 16.6. The molecule has 0 aliphatic rings. The molecule has 0 spiro atoms. The van der Waals surface area contributed by atoms with Gasteiger partial charge in [-0.3, -0.25) is 9.59 Å². The van der Waals surface area contributed by atoms with E-state index in [1.807, 2.05) is 37.3 Å². The fraction of sp³-hybridized carbons (Fsp3) is 0.227. The molecule has 0 aliphatic carbocycles. The molecule has 3 aromatic rings. The number of hydrogen-bond acceptors (Lipinski definition) is 5. The highest BCUT2D eigenvalue weighted by molar-refractivity contribution is 5.94. The number of nitrogens with one attached hydrogen (secondary N) is 1. The highest BCUT2D eigenvalue weighted by atomic mass is 16.5. The van der Waals surface area contributed by atoms with Crippen LogP contribution in [0, 0.1) is 0 Å². The van der Waals surface area contributed by atoms with Crippen LogP contribution in [0.1, 0.15) is 19.4 Å². The van der Waals surface area contributed by atoms with Crippen molar-refractivity contribution in [3.05, 3.63) is 71.0 Å². The summed E-state index contributed by atoms with van der Waals surface area (Å²) in [6, 6.07) is 16.9. The number of hydrogen-bond donors (Lipinski definition) is 1. The van der Waals surface area contributed by atoms with Crippen molar-refractivity contribution in [1.82, 2.24) is 9.78 Å². The van der Waals surface area contributed by atoms with Gasteiger partial charge in [-0.1, -0.05) is 37.3 Å². The zero-order valence-electron chi connectivity index (χ0n) is 16.6. The van der Waals surface area contributed by atoms with Gasteiger partial charge in [-0.05, 0) is 24.6 Å². The number of anilines is 1. The van der Waals surface area contributed by atoms with Gasteiger partial charge in [0.25, 0.3) is 5.56 Å². The summed E-state index contributed by atoms with van der Waals surface area (Å²) < 4.78 is 11.7. The first kappa shape index (κ1) is 20.1. The summed E-state index contributed by atoms with van der Waals surface area (Å²) in [5, 5.41) is 7.27. The standard InChI is InChI=1S/C22H23N3O4/c1-4-18(22(27)23-16-10-12-19(28-2)20(14-16)29-3)25-21(26)13-11-17(24-25)15-8-6-5-7-9-15/h5-14,18H,4H2,1-3H3,(H,23,27). The van der Waals surface area contributed by atoms with Gasteiger partial charge in [0, 0.05) is 23.4 Å². The van der Waals surface area contributed by atoms with Crippen LogP contribution in [0.15, 0.2) is 65.5 Å². The maximum atomic E-state index is 12.9. The van der Waals surface area contributed by atoms with Gasteiger partial charge in [0.1, 0.15) is 6.04 Å². The van der Waals surface area contributed by atoms with Gasteiger partial charge in [0.05, 0.1) is 19.9 Å². The van der Waals surface area contributed by atoms with Crippen molar-refractivity contribution >= 4 is 11.6 Å². The zero-order chi connectivity index (χ0) is 20.8. The van der Waals surface area contributed by atoms with E-state index in [1.54, 1.807) is 31.4 Å². The average molecular weight is 393 g/mol. The SMILES string of the molecule is CCC(C(=O)Nc1ccc(OC)c(OC)c1)n1nc(-c2ccccc2)ccc1=O. The molecule has 0 bridgehead atoms. The van der Waals surface area contributed by atoms with Gasteiger partial charge < -0.3 is 14.8 Å². The summed E-state index contributed by atoms with van der Waals surface area (Å²) in [7, 11) is 3.07. The van der Waals surface area contributed by atoms with E-state index in [9.17, 15) is 9.59 Å². The van der Waals surface area contributed by atoms with E-state index in [1.165, 1.54) is 17.9 Å². The predicted molar refractivity (Wildman–Crippen MR) is 111 cm³/mol. The first-order chi connectivity index (χ1) is 14.1. The molecule has 1 N–H and O–H groups in total. The van der Waals surface area contributed by atoms with Gasteiger partial charge in [-0.2, -0.15) is 5.10 Å². The van der Waals surface area contributed by atoms with Crippen LogP contribution in [0.5, 0.6) is 11.5 Å². The Balaban J connectivity index is 1.89. The smallest absolute Gasteiger partial charge is 0.267 e. The van der Waals surface area contributed by atoms with E-state index in [4.69, 9.17) is 9.47 Å². The Morgan fingerprint density at radius 2 is 1.76 bits per heavy atom. The second-order valence-corrected chi connectivity index (χ2v) is 6.35. The van der Waals surface area contributed by atoms with Crippen molar-refractivity contribution in [3.63, 3.8) is 0 Å². The number of methoxy groups -OCH3 is 2. The number of carbonyl (C=O) groups is 1. The van der Waals surface area contributed by atoms with Crippen LogP contribution < -0.4 is 20.3 Å². The number of amides is 1. The van der Waals surface area contributed by atoms with E-state index >= 15 is 0 Å². The van der Waals surface area contributed by atoms with Crippen molar-refractivity contribution in [2.45, 2.75) is 19.4 Å². The number of carbonyl (C=O) groups excluding carboxylic acids is 1. The van der Waals surface area contributed by atoms with Crippen LogP contribution in [-0.4, -0.2) is 29.9 Å². The summed E-state index contributed by atoms with van der Waals surface area (Å²) in [4.78, 5) is 25.3. The molecular formula is C22H23N3O4. The Bertz CT molecular complexity index is 1050. The van der Waals surface area contributed by atoms with Crippen LogP contribution in [-0.2, 0) is 4.79 Å². The van der Waals surface area contributed by atoms with E-state index in [2.05, 4.69) is 10.4 Å². The van der Waals surface area contributed by atoms with Crippen LogP contribution >= 0.6 is 0 Å². The molecule has 0 saturated carbocycles. The number of nitrogens with zero attached hydrogens (tertiary/aromatic N) is 2. The van der Waals surface area contributed by atoms with Crippen LogP contribution in [0.4, 0.5) is 5.69 Å². The third-order valence-electron chi connectivity index (χ3n) is 4.53. The molecule has 0 aliphatic heterocycles. The van der Waals surface area contributed by atoms with Crippen LogP contribution in [0.25, 0.3) is 11.3 Å². The molecule has 3 rings (SSSR count). The van der Waals surface area contributed by atoms with Crippen molar-refractivity contribution < 1.29 is 14.3 Å². The molecule has 0 saturated heterocycles. The third-order valence-corrected chi connectivity index (χ3v) is 4.53.